The maximum Gasteiger partial charge on any atom is 0.101 e. The zero-order chi connectivity index (χ0) is 30.1. The lowest BCUT2D eigenvalue weighted by atomic mass is 9.67. The maximum absolute atomic E-state index is 10.3. The van der Waals surface area contributed by atoms with Crippen LogP contribution in [0.25, 0.3) is 0 Å². The van der Waals surface area contributed by atoms with E-state index in [2.05, 4.69) is 142 Å². The summed E-state index contributed by atoms with van der Waals surface area (Å²) in [5, 5.41) is 20.5. The Bertz CT molecular complexity index is 1910. The van der Waals surface area contributed by atoms with Crippen LogP contribution < -0.4 is 9.80 Å². The fraction of sp³-hybridized carbons (Fsp3) is 0.231. The molecule has 210 valence electrons. The number of benzene rings is 4. The van der Waals surface area contributed by atoms with Gasteiger partial charge in [0.2, 0.25) is 0 Å². The van der Waals surface area contributed by atoms with Crippen molar-refractivity contribution < 1.29 is 0 Å². The first-order valence-electron chi connectivity index (χ1n) is 15.0. The summed E-state index contributed by atoms with van der Waals surface area (Å²) in [4.78, 5) is 4.64. The number of hydrogen-bond donors (Lipinski definition) is 0. The molecule has 0 amide bonds. The Hall–Kier alpha value is -5.06. The molecule has 0 spiro atoms. The summed E-state index contributed by atoms with van der Waals surface area (Å²) in [5.41, 5.74) is 11.6. The highest BCUT2D eigenvalue weighted by Gasteiger charge is 2.43. The van der Waals surface area contributed by atoms with Crippen LogP contribution in [0, 0.1) is 28.6 Å². The van der Waals surface area contributed by atoms with Crippen molar-refractivity contribution in [3.05, 3.63) is 136 Å². The standard InChI is InChI=1S/C39H34N4/c1-25-13-12-20-34-37(25)39(4,5)30-16-8-11-19-33(30)43(34)36-22-27(24-41)26(23-40)21-35(36)42-31-17-9-6-14-28(31)38(2,3)29-15-7-10-18-32(29)42/h6-12,14-22,25H,13H2,1-5H3. The molecule has 0 saturated heterocycles. The maximum atomic E-state index is 10.3. The second-order valence-electron chi connectivity index (χ2n) is 12.9. The van der Waals surface area contributed by atoms with Gasteiger partial charge in [-0.05, 0) is 71.0 Å². The van der Waals surface area contributed by atoms with Gasteiger partial charge in [-0.3, -0.25) is 0 Å². The van der Waals surface area contributed by atoms with E-state index in [0.717, 1.165) is 40.6 Å². The minimum atomic E-state index is -0.215. The fourth-order valence-corrected chi connectivity index (χ4v) is 7.76. The molecule has 0 bridgehead atoms. The molecule has 4 aromatic rings. The Morgan fingerprint density at radius 2 is 1.07 bits per heavy atom. The highest BCUT2D eigenvalue weighted by Crippen LogP contribution is 2.57. The molecule has 1 aliphatic carbocycles. The number of anilines is 5. The third-order valence-electron chi connectivity index (χ3n) is 9.74. The summed E-state index contributed by atoms with van der Waals surface area (Å²) in [7, 11) is 0. The van der Waals surface area contributed by atoms with E-state index in [-0.39, 0.29) is 10.8 Å². The van der Waals surface area contributed by atoms with Crippen molar-refractivity contribution in [3.63, 3.8) is 0 Å². The van der Waals surface area contributed by atoms with Crippen LogP contribution in [0.3, 0.4) is 0 Å². The lowest BCUT2D eigenvalue weighted by molar-refractivity contribution is 0.499. The van der Waals surface area contributed by atoms with E-state index in [1.54, 1.807) is 0 Å². The Morgan fingerprint density at radius 3 is 1.58 bits per heavy atom. The Balaban J connectivity index is 1.61. The summed E-state index contributed by atoms with van der Waals surface area (Å²) in [5.74, 6) is 0.361. The van der Waals surface area contributed by atoms with Crippen LogP contribution in [0.2, 0.25) is 0 Å². The van der Waals surface area contributed by atoms with Gasteiger partial charge in [-0.25, -0.2) is 0 Å². The Morgan fingerprint density at radius 1 is 0.628 bits per heavy atom. The number of nitrogens with zero attached hydrogens (tertiary/aromatic N) is 4. The molecule has 0 fully saturated rings. The highest BCUT2D eigenvalue weighted by atomic mass is 15.2. The quantitative estimate of drug-likeness (QED) is 0.246. The van der Waals surface area contributed by atoms with Gasteiger partial charge in [0, 0.05) is 16.5 Å². The van der Waals surface area contributed by atoms with Crippen LogP contribution >= 0.6 is 0 Å². The summed E-state index contributed by atoms with van der Waals surface area (Å²) in [6, 6.07) is 34.2. The van der Waals surface area contributed by atoms with Gasteiger partial charge in [0.25, 0.3) is 0 Å². The summed E-state index contributed by atoms with van der Waals surface area (Å²) in [6.07, 6.45) is 5.51. The second-order valence-corrected chi connectivity index (χ2v) is 12.9. The third kappa shape index (κ3) is 3.73. The minimum Gasteiger partial charge on any atom is -0.308 e. The van der Waals surface area contributed by atoms with Gasteiger partial charge in [0.05, 0.1) is 39.6 Å². The topological polar surface area (TPSA) is 54.1 Å². The molecule has 0 aromatic heterocycles. The molecule has 7 rings (SSSR count). The summed E-state index contributed by atoms with van der Waals surface area (Å²) < 4.78 is 0. The normalized spacial score (nSPS) is 19.0. The van der Waals surface area contributed by atoms with E-state index >= 15 is 0 Å². The predicted molar refractivity (Wildman–Crippen MR) is 174 cm³/mol. The van der Waals surface area contributed by atoms with Gasteiger partial charge < -0.3 is 9.80 Å². The van der Waals surface area contributed by atoms with Crippen molar-refractivity contribution in [1.29, 1.82) is 10.5 Å². The molecule has 2 aliphatic heterocycles. The molecule has 4 heteroatoms. The molecule has 0 N–H and O–H groups in total. The fourth-order valence-electron chi connectivity index (χ4n) is 7.76. The minimum absolute atomic E-state index is 0.161. The van der Waals surface area contributed by atoms with Crippen molar-refractivity contribution in [2.45, 2.75) is 51.9 Å². The molecule has 1 atom stereocenters. The molecule has 4 nitrogen and oxygen atoms in total. The van der Waals surface area contributed by atoms with E-state index in [0.29, 0.717) is 17.0 Å². The zero-order valence-corrected chi connectivity index (χ0v) is 25.3. The molecule has 4 aromatic carbocycles. The number of fused-ring (bicyclic) bond motifs is 3. The SMILES string of the molecule is CC1CC=CC2=C1C(C)(C)c1ccccc1N2c1cc(C#N)c(C#N)cc1N1c2ccccc2C(C)(C)c2ccccc21. The van der Waals surface area contributed by atoms with Gasteiger partial charge >= 0.3 is 0 Å². The van der Waals surface area contributed by atoms with Gasteiger partial charge in [-0.15, -0.1) is 0 Å². The zero-order valence-electron chi connectivity index (χ0n) is 25.3. The van der Waals surface area contributed by atoms with Gasteiger partial charge in [-0.2, -0.15) is 10.5 Å². The smallest absolute Gasteiger partial charge is 0.101 e. The molecular weight excluding hydrogens is 524 g/mol. The lowest BCUT2D eigenvalue weighted by Gasteiger charge is -2.48. The van der Waals surface area contributed by atoms with Gasteiger partial charge in [0.15, 0.2) is 0 Å². The first-order chi connectivity index (χ1) is 20.7. The van der Waals surface area contributed by atoms with E-state index in [1.165, 1.54) is 22.3 Å². The molecule has 2 heterocycles. The van der Waals surface area contributed by atoms with Gasteiger partial charge in [-0.1, -0.05) is 95.3 Å². The Kier molecular flexibility index (Phi) is 5.91. The van der Waals surface area contributed by atoms with E-state index in [9.17, 15) is 10.5 Å². The van der Waals surface area contributed by atoms with Gasteiger partial charge in [0.1, 0.15) is 12.1 Å². The number of nitriles is 2. The van der Waals surface area contributed by atoms with Crippen LogP contribution in [0.1, 0.15) is 68.9 Å². The van der Waals surface area contributed by atoms with Crippen molar-refractivity contribution >= 4 is 28.4 Å². The molecule has 0 saturated carbocycles. The average molecular weight is 559 g/mol. The van der Waals surface area contributed by atoms with Crippen LogP contribution in [0.5, 0.6) is 0 Å². The van der Waals surface area contributed by atoms with E-state index in [4.69, 9.17) is 0 Å². The molecular formula is C39H34N4. The number of rotatable bonds is 2. The molecule has 3 aliphatic rings. The molecule has 43 heavy (non-hydrogen) atoms. The van der Waals surface area contributed by atoms with Crippen LogP contribution in [-0.4, -0.2) is 0 Å². The first kappa shape index (κ1) is 26.8. The lowest BCUT2D eigenvalue weighted by Crippen LogP contribution is -2.38. The number of para-hydroxylation sites is 3. The second kappa shape index (κ2) is 9.48. The largest absolute Gasteiger partial charge is 0.308 e. The predicted octanol–water partition coefficient (Wildman–Crippen LogP) is 9.82. The highest BCUT2D eigenvalue weighted by molar-refractivity contribution is 5.95. The third-order valence-corrected chi connectivity index (χ3v) is 9.74. The van der Waals surface area contributed by atoms with Crippen LogP contribution in [-0.2, 0) is 10.8 Å². The Labute approximate surface area is 254 Å². The summed E-state index contributed by atoms with van der Waals surface area (Å²) >= 11 is 0. The van der Waals surface area contributed by atoms with E-state index < -0.39 is 0 Å². The summed E-state index contributed by atoms with van der Waals surface area (Å²) in [6.45, 7) is 11.5. The van der Waals surface area contributed by atoms with Crippen molar-refractivity contribution in [3.8, 4) is 12.1 Å². The first-order valence-corrected chi connectivity index (χ1v) is 15.0. The van der Waals surface area contributed by atoms with E-state index in [1.807, 2.05) is 12.1 Å². The van der Waals surface area contributed by atoms with Crippen LogP contribution in [0.4, 0.5) is 28.4 Å². The van der Waals surface area contributed by atoms with Crippen molar-refractivity contribution in [2.24, 2.45) is 5.92 Å². The average Bonchev–Trinajstić information content (AvgIpc) is 3.01. The van der Waals surface area contributed by atoms with Crippen LogP contribution in [0.15, 0.2) is 108 Å². The number of hydrogen-bond acceptors (Lipinski definition) is 4. The van der Waals surface area contributed by atoms with Crippen molar-refractivity contribution in [1.82, 2.24) is 0 Å². The monoisotopic (exact) mass is 558 g/mol. The molecule has 0 radical (unpaired) electrons. The molecule has 1 unspecified atom stereocenters. The number of allylic oxidation sites excluding steroid dienone is 3. The van der Waals surface area contributed by atoms with Crippen molar-refractivity contribution in [2.75, 3.05) is 9.80 Å².